The van der Waals surface area contributed by atoms with Gasteiger partial charge in [0.15, 0.2) is 6.29 Å². The Balaban J connectivity index is 2.04. The molecule has 1 aliphatic carbocycles. The molecule has 0 spiro atoms. The first-order valence-corrected chi connectivity index (χ1v) is 5.27. The summed E-state index contributed by atoms with van der Waals surface area (Å²) in [4.78, 5) is 6.89. The third kappa shape index (κ3) is 1.06. The lowest BCUT2D eigenvalue weighted by molar-refractivity contribution is 0.104. The monoisotopic (exact) mass is 201 g/mol. The second kappa shape index (κ2) is 2.92. The van der Waals surface area contributed by atoms with Crippen LogP contribution in [-0.4, -0.2) is 35.1 Å². The quantitative estimate of drug-likeness (QED) is 0.590. The fraction of sp³-hybridized carbons (Fsp3) is 0.333. The molecule has 15 heavy (non-hydrogen) atoms. The van der Waals surface area contributed by atoms with Gasteiger partial charge in [0.2, 0.25) is 0 Å². The molecule has 78 valence electrons. The second-order valence-corrected chi connectivity index (χ2v) is 4.15. The summed E-state index contributed by atoms with van der Waals surface area (Å²) in [7, 11) is 4.27. The van der Waals surface area contributed by atoms with Crippen molar-refractivity contribution in [3.05, 3.63) is 48.1 Å². The molecule has 0 saturated heterocycles. The molecule has 0 aromatic carbocycles. The van der Waals surface area contributed by atoms with Gasteiger partial charge in [0.25, 0.3) is 0 Å². The van der Waals surface area contributed by atoms with Crippen molar-refractivity contribution in [3.63, 3.8) is 0 Å². The van der Waals surface area contributed by atoms with Crippen LogP contribution in [0.15, 0.2) is 48.1 Å². The molecule has 0 bridgehead atoms. The maximum atomic E-state index is 2.34. The SMILES string of the molecule is CN1C=CN2C3=C(C=CC=CC3)N(C)C12. The van der Waals surface area contributed by atoms with Crippen LogP contribution in [0.25, 0.3) is 0 Å². The van der Waals surface area contributed by atoms with Crippen molar-refractivity contribution in [2.45, 2.75) is 12.7 Å². The molecule has 3 rings (SSSR count). The van der Waals surface area contributed by atoms with E-state index in [0.29, 0.717) is 6.29 Å². The van der Waals surface area contributed by atoms with E-state index in [9.17, 15) is 0 Å². The number of allylic oxidation sites excluding steroid dienone is 4. The zero-order chi connectivity index (χ0) is 10.4. The topological polar surface area (TPSA) is 9.72 Å². The van der Waals surface area contributed by atoms with Crippen LogP contribution < -0.4 is 0 Å². The molecule has 3 heteroatoms. The summed E-state index contributed by atoms with van der Waals surface area (Å²) in [6.07, 6.45) is 14.3. The Kier molecular flexibility index (Phi) is 1.69. The van der Waals surface area contributed by atoms with Gasteiger partial charge in [-0.25, -0.2) is 0 Å². The van der Waals surface area contributed by atoms with E-state index in [-0.39, 0.29) is 0 Å². The van der Waals surface area contributed by atoms with Gasteiger partial charge in [-0.05, 0) is 6.08 Å². The van der Waals surface area contributed by atoms with E-state index in [1.165, 1.54) is 11.4 Å². The summed E-state index contributed by atoms with van der Waals surface area (Å²) in [5, 5.41) is 0. The van der Waals surface area contributed by atoms with Crippen molar-refractivity contribution in [1.82, 2.24) is 14.7 Å². The Morgan fingerprint density at radius 2 is 2.07 bits per heavy atom. The summed E-state index contributed by atoms with van der Waals surface area (Å²) < 4.78 is 0. The first-order chi connectivity index (χ1) is 7.29. The minimum Gasteiger partial charge on any atom is -0.342 e. The highest BCUT2D eigenvalue weighted by Crippen LogP contribution is 2.36. The van der Waals surface area contributed by atoms with Gasteiger partial charge in [-0.15, -0.1) is 0 Å². The molecule has 3 nitrogen and oxygen atoms in total. The van der Waals surface area contributed by atoms with E-state index in [2.05, 4.69) is 65.5 Å². The van der Waals surface area contributed by atoms with Crippen molar-refractivity contribution in [2.24, 2.45) is 0 Å². The van der Waals surface area contributed by atoms with Crippen LogP contribution in [0.4, 0.5) is 0 Å². The first kappa shape index (κ1) is 8.65. The maximum Gasteiger partial charge on any atom is 0.184 e. The summed E-state index contributed by atoms with van der Waals surface area (Å²) in [6.45, 7) is 0. The average Bonchev–Trinajstić information content (AvgIpc) is 2.59. The molecule has 0 saturated carbocycles. The van der Waals surface area contributed by atoms with E-state index in [1.54, 1.807) is 0 Å². The molecule has 2 aliphatic heterocycles. The van der Waals surface area contributed by atoms with Crippen LogP contribution >= 0.6 is 0 Å². The lowest BCUT2D eigenvalue weighted by Gasteiger charge is -2.31. The van der Waals surface area contributed by atoms with Crippen molar-refractivity contribution >= 4 is 0 Å². The molecule has 0 radical (unpaired) electrons. The van der Waals surface area contributed by atoms with Crippen molar-refractivity contribution in [3.8, 4) is 0 Å². The van der Waals surface area contributed by atoms with E-state index in [1.807, 2.05) is 0 Å². The normalized spacial score (nSPS) is 27.6. The average molecular weight is 201 g/mol. The second-order valence-electron chi connectivity index (χ2n) is 4.15. The van der Waals surface area contributed by atoms with Crippen LogP contribution in [-0.2, 0) is 0 Å². The molecule has 3 aliphatic rings. The van der Waals surface area contributed by atoms with Crippen LogP contribution in [0, 0.1) is 0 Å². The fourth-order valence-electron chi connectivity index (χ4n) is 2.51. The highest BCUT2D eigenvalue weighted by atomic mass is 15.6. The molecule has 0 amide bonds. The number of likely N-dealkylation sites (N-methyl/N-ethyl adjacent to an activating group) is 1. The number of hydrogen-bond donors (Lipinski definition) is 0. The van der Waals surface area contributed by atoms with Crippen LogP contribution in [0.3, 0.4) is 0 Å². The summed E-state index contributed by atoms with van der Waals surface area (Å²) in [5.74, 6) is 0. The molecular formula is C12H15N3. The Morgan fingerprint density at radius 1 is 1.20 bits per heavy atom. The Hall–Kier alpha value is -1.64. The highest BCUT2D eigenvalue weighted by molar-refractivity contribution is 5.37. The zero-order valence-corrected chi connectivity index (χ0v) is 9.09. The standard InChI is InChI=1S/C12H15N3/c1-13-8-9-15-11-7-5-3-4-6-10(11)14(2)12(13)15/h3-6,8-9,12H,7H2,1-2H3. The molecule has 0 aromatic heterocycles. The van der Waals surface area contributed by atoms with Crippen molar-refractivity contribution in [1.29, 1.82) is 0 Å². The van der Waals surface area contributed by atoms with Crippen LogP contribution in [0.1, 0.15) is 6.42 Å². The Bertz CT molecular complexity index is 403. The summed E-state index contributed by atoms with van der Waals surface area (Å²) in [6, 6.07) is 0. The number of rotatable bonds is 0. The number of fused-ring (bicyclic) bond motifs is 2. The summed E-state index contributed by atoms with van der Waals surface area (Å²) in [5.41, 5.74) is 2.73. The van der Waals surface area contributed by atoms with Gasteiger partial charge in [0.1, 0.15) is 0 Å². The van der Waals surface area contributed by atoms with Crippen molar-refractivity contribution in [2.75, 3.05) is 14.1 Å². The van der Waals surface area contributed by atoms with Gasteiger partial charge in [0, 0.05) is 38.6 Å². The third-order valence-electron chi connectivity index (χ3n) is 3.22. The van der Waals surface area contributed by atoms with Gasteiger partial charge in [-0.3, -0.25) is 0 Å². The molecule has 2 heterocycles. The lowest BCUT2D eigenvalue weighted by atomic mass is 10.2. The molecule has 0 fully saturated rings. The lowest BCUT2D eigenvalue weighted by Crippen LogP contribution is -2.42. The minimum absolute atomic E-state index is 0.339. The smallest absolute Gasteiger partial charge is 0.184 e. The molecule has 0 N–H and O–H groups in total. The first-order valence-electron chi connectivity index (χ1n) is 5.27. The fourth-order valence-corrected chi connectivity index (χ4v) is 2.51. The molecular weight excluding hydrogens is 186 g/mol. The van der Waals surface area contributed by atoms with Gasteiger partial charge < -0.3 is 14.7 Å². The van der Waals surface area contributed by atoms with Gasteiger partial charge in [-0.2, -0.15) is 0 Å². The van der Waals surface area contributed by atoms with E-state index >= 15 is 0 Å². The van der Waals surface area contributed by atoms with E-state index in [0.717, 1.165) is 6.42 Å². The van der Waals surface area contributed by atoms with Gasteiger partial charge in [-0.1, -0.05) is 18.2 Å². The van der Waals surface area contributed by atoms with Crippen LogP contribution in [0.5, 0.6) is 0 Å². The maximum absolute atomic E-state index is 2.34. The van der Waals surface area contributed by atoms with Gasteiger partial charge >= 0.3 is 0 Å². The van der Waals surface area contributed by atoms with Crippen molar-refractivity contribution < 1.29 is 0 Å². The molecule has 0 aromatic rings. The predicted octanol–water partition coefficient (Wildman–Crippen LogP) is 1.66. The zero-order valence-electron chi connectivity index (χ0n) is 9.09. The van der Waals surface area contributed by atoms with E-state index < -0.39 is 0 Å². The van der Waals surface area contributed by atoms with Gasteiger partial charge in [0.05, 0.1) is 5.70 Å². The summed E-state index contributed by atoms with van der Waals surface area (Å²) >= 11 is 0. The predicted molar refractivity (Wildman–Crippen MR) is 60.2 cm³/mol. The Labute approximate surface area is 90.3 Å². The third-order valence-corrected chi connectivity index (χ3v) is 3.22. The van der Waals surface area contributed by atoms with E-state index in [4.69, 9.17) is 0 Å². The molecule has 1 atom stereocenters. The highest BCUT2D eigenvalue weighted by Gasteiger charge is 2.38. The Morgan fingerprint density at radius 3 is 2.93 bits per heavy atom. The number of hydrogen-bond acceptors (Lipinski definition) is 3. The molecule has 1 unspecified atom stereocenters. The largest absolute Gasteiger partial charge is 0.342 e. The minimum atomic E-state index is 0.339. The number of nitrogens with zero attached hydrogens (tertiary/aromatic N) is 3. The van der Waals surface area contributed by atoms with Crippen LogP contribution in [0.2, 0.25) is 0 Å².